The third-order valence-electron chi connectivity index (χ3n) is 3.49. The number of hydrogen-bond acceptors (Lipinski definition) is 2. The van der Waals surface area contributed by atoms with Crippen LogP contribution in [-0.2, 0) is 6.54 Å². The molecule has 0 amide bonds. The molecule has 0 bridgehead atoms. The predicted molar refractivity (Wildman–Crippen MR) is 87.9 cm³/mol. The fraction of sp³-hybridized carbons (Fsp3) is 0.588. The van der Waals surface area contributed by atoms with Crippen LogP contribution in [0.4, 0.5) is 0 Å². The van der Waals surface area contributed by atoms with Gasteiger partial charge >= 0.3 is 0 Å². The maximum atomic E-state index is 5.98. The molecular weight excluding hydrogens is 262 g/mol. The highest BCUT2D eigenvalue weighted by molar-refractivity contribution is 5.79. The van der Waals surface area contributed by atoms with Crippen LogP contribution < -0.4 is 15.4 Å². The summed E-state index contributed by atoms with van der Waals surface area (Å²) in [6.45, 7) is 9.45. The van der Waals surface area contributed by atoms with Gasteiger partial charge in [-0.05, 0) is 51.2 Å². The zero-order valence-electron chi connectivity index (χ0n) is 13.4. The maximum Gasteiger partial charge on any atom is 0.191 e. The van der Waals surface area contributed by atoms with Crippen molar-refractivity contribution in [3.05, 3.63) is 29.3 Å². The van der Waals surface area contributed by atoms with Gasteiger partial charge in [-0.25, -0.2) is 4.99 Å². The molecule has 0 saturated heterocycles. The lowest BCUT2D eigenvalue weighted by Gasteiger charge is -2.13. The van der Waals surface area contributed by atoms with Gasteiger partial charge in [0.25, 0.3) is 0 Å². The molecule has 0 aromatic heterocycles. The molecule has 1 fully saturated rings. The summed E-state index contributed by atoms with van der Waals surface area (Å²) >= 11 is 0. The van der Waals surface area contributed by atoms with E-state index < -0.39 is 0 Å². The average molecular weight is 289 g/mol. The molecule has 2 N–H and O–H groups in total. The Morgan fingerprint density at radius 3 is 2.57 bits per heavy atom. The first-order valence-electron chi connectivity index (χ1n) is 7.97. The summed E-state index contributed by atoms with van der Waals surface area (Å²) in [6.07, 6.45) is 2.62. The molecule has 0 unspecified atom stereocenters. The second kappa shape index (κ2) is 7.91. The molecule has 1 aliphatic carbocycles. The normalized spacial score (nSPS) is 13.7. The van der Waals surface area contributed by atoms with Gasteiger partial charge in [-0.15, -0.1) is 0 Å². The van der Waals surface area contributed by atoms with Crippen LogP contribution in [0.2, 0.25) is 0 Å². The number of hydrogen-bond donors (Lipinski definition) is 2. The molecule has 1 aromatic rings. The molecule has 2 rings (SSSR count). The highest BCUT2D eigenvalue weighted by Gasteiger charge is 2.22. The van der Waals surface area contributed by atoms with Crippen LogP contribution in [0.5, 0.6) is 5.75 Å². The van der Waals surface area contributed by atoms with Crippen LogP contribution in [-0.4, -0.2) is 25.7 Å². The zero-order chi connectivity index (χ0) is 15.1. The molecule has 4 nitrogen and oxygen atoms in total. The van der Waals surface area contributed by atoms with Gasteiger partial charge in [0.1, 0.15) is 5.75 Å². The van der Waals surface area contributed by atoms with Gasteiger partial charge < -0.3 is 15.4 Å². The predicted octanol–water partition coefficient (Wildman–Crippen LogP) is 2.86. The lowest BCUT2D eigenvalue weighted by Crippen LogP contribution is -2.36. The topological polar surface area (TPSA) is 45.7 Å². The molecule has 116 valence electrons. The van der Waals surface area contributed by atoms with Gasteiger partial charge in [0.2, 0.25) is 0 Å². The van der Waals surface area contributed by atoms with E-state index in [4.69, 9.17) is 4.74 Å². The molecule has 1 aliphatic rings. The van der Waals surface area contributed by atoms with Crippen molar-refractivity contribution in [2.75, 3.05) is 19.7 Å². The minimum Gasteiger partial charge on any atom is -0.493 e. The van der Waals surface area contributed by atoms with Gasteiger partial charge in [-0.3, -0.25) is 0 Å². The molecular formula is C17H27N3O. The van der Waals surface area contributed by atoms with E-state index in [0.717, 1.165) is 42.9 Å². The second-order valence-corrected chi connectivity index (χ2v) is 5.59. The molecule has 0 aliphatic heterocycles. The smallest absolute Gasteiger partial charge is 0.191 e. The fourth-order valence-corrected chi connectivity index (χ4v) is 2.09. The summed E-state index contributed by atoms with van der Waals surface area (Å²) in [5.41, 5.74) is 2.38. The molecule has 4 heteroatoms. The number of guanidine groups is 1. The Balaban J connectivity index is 2.04. The Morgan fingerprint density at radius 1 is 1.24 bits per heavy atom. The summed E-state index contributed by atoms with van der Waals surface area (Å²) in [7, 11) is 0. The van der Waals surface area contributed by atoms with Crippen molar-refractivity contribution in [1.82, 2.24) is 10.6 Å². The molecule has 0 heterocycles. The van der Waals surface area contributed by atoms with Gasteiger partial charge in [-0.1, -0.05) is 12.1 Å². The van der Waals surface area contributed by atoms with E-state index in [9.17, 15) is 0 Å². The summed E-state index contributed by atoms with van der Waals surface area (Å²) in [4.78, 5) is 4.62. The summed E-state index contributed by atoms with van der Waals surface area (Å²) in [5, 5.41) is 6.49. The van der Waals surface area contributed by atoms with E-state index in [2.05, 4.69) is 54.6 Å². The van der Waals surface area contributed by atoms with Crippen molar-refractivity contribution in [2.24, 2.45) is 10.9 Å². The van der Waals surface area contributed by atoms with Gasteiger partial charge in [-0.2, -0.15) is 0 Å². The van der Waals surface area contributed by atoms with Crippen LogP contribution in [0.25, 0.3) is 0 Å². The van der Waals surface area contributed by atoms with Crippen molar-refractivity contribution < 1.29 is 4.74 Å². The second-order valence-electron chi connectivity index (χ2n) is 5.59. The average Bonchev–Trinajstić information content (AvgIpc) is 3.28. The van der Waals surface area contributed by atoms with Gasteiger partial charge in [0, 0.05) is 18.7 Å². The van der Waals surface area contributed by atoms with Crippen molar-refractivity contribution in [3.63, 3.8) is 0 Å². The molecule has 0 atom stereocenters. The first kappa shape index (κ1) is 15.7. The van der Waals surface area contributed by atoms with E-state index >= 15 is 0 Å². The Morgan fingerprint density at radius 2 is 1.95 bits per heavy atom. The quantitative estimate of drug-likeness (QED) is 0.599. The largest absolute Gasteiger partial charge is 0.493 e. The lowest BCUT2D eigenvalue weighted by atomic mass is 10.1. The summed E-state index contributed by atoms with van der Waals surface area (Å²) in [6, 6.07) is 6.36. The number of aliphatic imine (C=N–C) groups is 1. The first-order valence-corrected chi connectivity index (χ1v) is 7.97. The Kier molecular flexibility index (Phi) is 5.90. The number of ether oxygens (including phenoxy) is 1. The number of benzene rings is 1. The molecule has 1 aromatic carbocycles. The van der Waals surface area contributed by atoms with Crippen molar-refractivity contribution in [3.8, 4) is 5.75 Å². The molecule has 0 spiro atoms. The molecule has 0 radical (unpaired) electrons. The Hall–Kier alpha value is -1.71. The van der Waals surface area contributed by atoms with Crippen molar-refractivity contribution in [1.29, 1.82) is 0 Å². The zero-order valence-corrected chi connectivity index (χ0v) is 13.4. The van der Waals surface area contributed by atoms with E-state index in [1.165, 1.54) is 18.4 Å². The molecule has 21 heavy (non-hydrogen) atoms. The highest BCUT2D eigenvalue weighted by atomic mass is 16.5. The highest BCUT2D eigenvalue weighted by Crippen LogP contribution is 2.30. The monoisotopic (exact) mass is 289 g/mol. The van der Waals surface area contributed by atoms with Gasteiger partial charge in [0.05, 0.1) is 13.2 Å². The van der Waals surface area contributed by atoms with Crippen LogP contribution in [0.1, 0.15) is 37.8 Å². The van der Waals surface area contributed by atoms with Crippen LogP contribution in [0, 0.1) is 12.8 Å². The van der Waals surface area contributed by atoms with Crippen molar-refractivity contribution in [2.45, 2.75) is 40.2 Å². The van der Waals surface area contributed by atoms with Gasteiger partial charge in [0.15, 0.2) is 5.96 Å². The van der Waals surface area contributed by atoms with E-state index in [1.54, 1.807) is 0 Å². The Bertz CT molecular complexity index is 473. The van der Waals surface area contributed by atoms with E-state index in [0.29, 0.717) is 6.54 Å². The third kappa shape index (κ3) is 5.29. The fourth-order valence-electron chi connectivity index (χ4n) is 2.09. The Labute approximate surface area is 128 Å². The van der Waals surface area contributed by atoms with E-state index in [1.807, 2.05) is 0 Å². The maximum absolute atomic E-state index is 5.98. The van der Waals surface area contributed by atoms with E-state index in [-0.39, 0.29) is 0 Å². The van der Waals surface area contributed by atoms with Crippen molar-refractivity contribution >= 4 is 5.96 Å². The standard InChI is InChI=1S/C17H27N3O/c1-4-18-17(19-5-2)20-11-15-9-6-13(3)10-16(15)21-12-14-7-8-14/h6,9-10,14H,4-5,7-8,11-12H2,1-3H3,(H2,18,19,20). The number of aryl methyl sites for hydroxylation is 1. The summed E-state index contributed by atoms with van der Waals surface area (Å²) in [5.74, 6) is 2.60. The minimum atomic E-state index is 0.635. The number of nitrogens with zero attached hydrogens (tertiary/aromatic N) is 1. The SMILES string of the molecule is CCNC(=NCc1ccc(C)cc1OCC1CC1)NCC. The van der Waals surface area contributed by atoms with Crippen LogP contribution in [0.3, 0.4) is 0 Å². The first-order chi connectivity index (χ1) is 10.2. The van der Waals surface area contributed by atoms with Crippen LogP contribution in [0.15, 0.2) is 23.2 Å². The summed E-state index contributed by atoms with van der Waals surface area (Å²) < 4.78 is 5.98. The minimum absolute atomic E-state index is 0.635. The molecule has 1 saturated carbocycles. The van der Waals surface area contributed by atoms with Crippen LogP contribution >= 0.6 is 0 Å². The third-order valence-corrected chi connectivity index (χ3v) is 3.49. The lowest BCUT2D eigenvalue weighted by molar-refractivity contribution is 0.296. The number of nitrogens with one attached hydrogen (secondary N) is 2. The number of rotatable bonds is 7.